The Morgan fingerprint density at radius 3 is 2.62 bits per heavy atom. The highest BCUT2D eigenvalue weighted by molar-refractivity contribution is 8.01. The van der Waals surface area contributed by atoms with Crippen molar-refractivity contribution in [2.24, 2.45) is 0 Å². The van der Waals surface area contributed by atoms with Gasteiger partial charge in [-0.3, -0.25) is 10.1 Å². The van der Waals surface area contributed by atoms with Crippen LogP contribution in [0.4, 0.5) is 10.1 Å². The van der Waals surface area contributed by atoms with Crippen LogP contribution in [-0.2, 0) is 0 Å². The molecule has 3 aromatic rings. The molecule has 0 aliphatic heterocycles. The lowest BCUT2D eigenvalue weighted by molar-refractivity contribution is -0.385. The molecule has 0 aliphatic rings. The molecule has 6 nitrogen and oxygen atoms in total. The zero-order valence-electron chi connectivity index (χ0n) is 11.8. The molecule has 24 heavy (non-hydrogen) atoms. The third-order valence-corrected chi connectivity index (χ3v) is 4.84. The molecule has 0 aliphatic carbocycles. The van der Waals surface area contributed by atoms with Crippen LogP contribution in [0.2, 0.25) is 0 Å². The van der Waals surface area contributed by atoms with Crippen LogP contribution in [0.1, 0.15) is 5.69 Å². The van der Waals surface area contributed by atoms with E-state index in [1.54, 1.807) is 18.2 Å². The summed E-state index contributed by atoms with van der Waals surface area (Å²) in [4.78, 5) is 18.6. The summed E-state index contributed by atoms with van der Waals surface area (Å²) in [6.07, 6.45) is 0. The number of halogens is 1. The van der Waals surface area contributed by atoms with Crippen LogP contribution in [0.15, 0.2) is 51.1 Å². The lowest BCUT2D eigenvalue weighted by Crippen LogP contribution is -1.95. The van der Waals surface area contributed by atoms with Crippen molar-refractivity contribution in [3.05, 3.63) is 63.4 Å². The van der Waals surface area contributed by atoms with Gasteiger partial charge in [0.1, 0.15) is 16.9 Å². The minimum absolute atomic E-state index is 0.236. The highest BCUT2D eigenvalue weighted by atomic mass is 32.2. The van der Waals surface area contributed by atoms with Gasteiger partial charge in [0.25, 0.3) is 0 Å². The molecule has 0 amide bonds. The average Bonchev–Trinajstić information content (AvgIpc) is 3.03. The smallest absolute Gasteiger partial charge is 0.258 e. The van der Waals surface area contributed by atoms with E-state index in [1.165, 1.54) is 47.4 Å². The molecular weight excluding hydrogens is 351 g/mol. The number of nitriles is 1. The Kier molecular flexibility index (Phi) is 4.50. The fraction of sp³-hybridized carbons (Fsp3) is 0. The molecule has 2 heterocycles. The number of nitro groups is 1. The molecule has 0 bridgehead atoms. The van der Waals surface area contributed by atoms with Crippen LogP contribution in [0.3, 0.4) is 0 Å². The van der Waals surface area contributed by atoms with Crippen molar-refractivity contribution in [1.29, 1.82) is 5.26 Å². The average molecular weight is 358 g/mol. The largest absolute Gasteiger partial charge is 0.305 e. The van der Waals surface area contributed by atoms with E-state index in [4.69, 9.17) is 5.26 Å². The van der Waals surface area contributed by atoms with Gasteiger partial charge in [-0.2, -0.15) is 5.26 Å². The molecule has 0 spiro atoms. The van der Waals surface area contributed by atoms with E-state index in [2.05, 4.69) is 9.97 Å². The maximum Gasteiger partial charge on any atom is 0.305 e. The van der Waals surface area contributed by atoms with Crippen LogP contribution in [-0.4, -0.2) is 14.9 Å². The molecule has 0 fully saturated rings. The minimum atomic E-state index is -0.643. The maximum absolute atomic E-state index is 13.0. The van der Waals surface area contributed by atoms with Crippen molar-refractivity contribution < 1.29 is 9.31 Å². The number of nitrogens with zero attached hydrogens (tertiary/aromatic N) is 4. The van der Waals surface area contributed by atoms with E-state index in [-0.39, 0.29) is 17.2 Å². The number of benzene rings is 1. The predicted molar refractivity (Wildman–Crippen MR) is 87.2 cm³/mol. The lowest BCUT2D eigenvalue weighted by Gasteiger charge is -1.99. The summed E-state index contributed by atoms with van der Waals surface area (Å²) in [5, 5.41) is 22.0. The quantitative estimate of drug-likeness (QED) is 0.510. The minimum Gasteiger partial charge on any atom is -0.258 e. The molecule has 0 N–H and O–H groups in total. The first-order valence-electron chi connectivity index (χ1n) is 6.51. The second kappa shape index (κ2) is 6.74. The number of hydrogen-bond donors (Lipinski definition) is 0. The third-order valence-electron chi connectivity index (χ3n) is 2.97. The molecule has 2 aromatic heterocycles. The monoisotopic (exact) mass is 358 g/mol. The maximum atomic E-state index is 13.0. The van der Waals surface area contributed by atoms with Gasteiger partial charge in [0.05, 0.1) is 10.6 Å². The molecule has 118 valence electrons. The number of aromatic nitrogens is 2. The summed E-state index contributed by atoms with van der Waals surface area (Å²) in [5.41, 5.74) is 0.923. The number of rotatable bonds is 4. The van der Waals surface area contributed by atoms with Crippen LogP contribution < -0.4 is 0 Å². The van der Waals surface area contributed by atoms with Crippen molar-refractivity contribution >= 4 is 28.8 Å². The van der Waals surface area contributed by atoms with E-state index < -0.39 is 4.92 Å². The van der Waals surface area contributed by atoms with Crippen LogP contribution in [0.5, 0.6) is 0 Å². The second-order valence-corrected chi connectivity index (χ2v) is 6.62. The summed E-state index contributed by atoms with van der Waals surface area (Å²) in [6, 6.07) is 10.4. The summed E-state index contributed by atoms with van der Waals surface area (Å²) >= 11 is 2.57. The normalized spacial score (nSPS) is 10.3. The third kappa shape index (κ3) is 3.40. The first-order valence-corrected chi connectivity index (χ1v) is 8.21. The van der Waals surface area contributed by atoms with Gasteiger partial charge in [-0.1, -0.05) is 0 Å². The van der Waals surface area contributed by atoms with Crippen molar-refractivity contribution in [2.75, 3.05) is 0 Å². The molecule has 0 unspecified atom stereocenters. The Morgan fingerprint density at radius 2 is 1.96 bits per heavy atom. The fourth-order valence-electron chi connectivity index (χ4n) is 1.87. The van der Waals surface area contributed by atoms with Gasteiger partial charge in [0.2, 0.25) is 5.69 Å². The van der Waals surface area contributed by atoms with Crippen LogP contribution in [0.25, 0.3) is 11.3 Å². The number of hydrogen-bond acceptors (Lipinski definition) is 7. The molecule has 3 rings (SSSR count). The molecule has 9 heteroatoms. The lowest BCUT2D eigenvalue weighted by atomic mass is 10.2. The zero-order valence-corrected chi connectivity index (χ0v) is 13.5. The summed E-state index contributed by atoms with van der Waals surface area (Å²) in [6.45, 7) is 0. The summed E-state index contributed by atoms with van der Waals surface area (Å²) in [7, 11) is 0. The van der Waals surface area contributed by atoms with E-state index in [9.17, 15) is 14.5 Å². The Hall–Kier alpha value is -2.83. The first kappa shape index (κ1) is 16.0. The molecule has 0 atom stereocenters. The first-order chi connectivity index (χ1) is 11.6. The Morgan fingerprint density at radius 1 is 1.21 bits per heavy atom. The van der Waals surface area contributed by atoms with Crippen molar-refractivity contribution in [3.8, 4) is 17.3 Å². The Bertz CT molecular complexity index is 951. The Labute approximate surface area is 143 Å². The van der Waals surface area contributed by atoms with Crippen LogP contribution >= 0.6 is 23.1 Å². The van der Waals surface area contributed by atoms with Gasteiger partial charge in [-0.15, -0.1) is 11.3 Å². The Balaban J connectivity index is 1.84. The predicted octanol–water partition coefficient (Wildman–Crippen LogP) is 4.28. The second-order valence-electron chi connectivity index (χ2n) is 4.49. The van der Waals surface area contributed by atoms with Crippen molar-refractivity contribution in [1.82, 2.24) is 9.97 Å². The molecular formula is C15H7FN4O2S2. The molecule has 0 saturated carbocycles. The molecule has 0 radical (unpaired) electrons. The van der Waals surface area contributed by atoms with E-state index in [0.29, 0.717) is 15.1 Å². The van der Waals surface area contributed by atoms with Gasteiger partial charge in [0, 0.05) is 17.0 Å². The van der Waals surface area contributed by atoms with Gasteiger partial charge in [-0.25, -0.2) is 14.4 Å². The van der Waals surface area contributed by atoms with E-state index in [1.807, 2.05) is 5.38 Å². The topological polar surface area (TPSA) is 92.7 Å². The fourth-order valence-corrected chi connectivity index (χ4v) is 3.61. The van der Waals surface area contributed by atoms with Gasteiger partial charge in [-0.05, 0) is 42.1 Å². The van der Waals surface area contributed by atoms with Gasteiger partial charge < -0.3 is 0 Å². The summed E-state index contributed by atoms with van der Waals surface area (Å²) < 4.78 is 13.6. The van der Waals surface area contributed by atoms with Gasteiger partial charge >= 0.3 is 5.69 Å². The summed E-state index contributed by atoms with van der Waals surface area (Å²) in [5.74, 6) is -0.317. The SMILES string of the molecule is N#Cc1nc(Sc2nc(-c3ccc(F)cc3)cs2)ccc1[N+](=O)[O-]. The number of thiazole rings is 1. The van der Waals surface area contributed by atoms with Crippen LogP contribution in [0, 0.1) is 27.3 Å². The van der Waals surface area contributed by atoms with Gasteiger partial charge in [0.15, 0.2) is 4.34 Å². The highest BCUT2D eigenvalue weighted by Crippen LogP contribution is 2.33. The molecule has 1 aromatic carbocycles. The zero-order chi connectivity index (χ0) is 17.1. The van der Waals surface area contributed by atoms with E-state index in [0.717, 1.165) is 5.56 Å². The van der Waals surface area contributed by atoms with Crippen molar-refractivity contribution in [2.45, 2.75) is 9.37 Å². The van der Waals surface area contributed by atoms with Crippen molar-refractivity contribution in [3.63, 3.8) is 0 Å². The molecule has 0 saturated heterocycles. The number of pyridine rings is 1. The highest BCUT2D eigenvalue weighted by Gasteiger charge is 2.16. The standard InChI is InChI=1S/C15H7FN4O2S2/c16-10-3-1-9(2-4-10)12-8-23-15(19-12)24-14-6-5-13(20(21)22)11(7-17)18-14/h1-6,8H. The van der Waals surface area contributed by atoms with E-state index >= 15 is 0 Å².